The molecule has 5 nitrogen and oxygen atoms in total. The van der Waals surface area contributed by atoms with Crippen molar-refractivity contribution in [2.45, 2.75) is 19.1 Å². The molecule has 2 atom stereocenters. The first-order chi connectivity index (χ1) is 7.59. The van der Waals surface area contributed by atoms with Crippen molar-refractivity contribution in [1.29, 1.82) is 0 Å². The summed E-state index contributed by atoms with van der Waals surface area (Å²) < 4.78 is 30.7. The Bertz CT molecular complexity index is 413. The summed E-state index contributed by atoms with van der Waals surface area (Å²) in [6.07, 6.45) is -1.83. The molecule has 2 heterocycles. The Morgan fingerprint density at radius 2 is 2.44 bits per heavy atom. The number of amides is 1. The van der Waals surface area contributed by atoms with Crippen LogP contribution in [0.3, 0.4) is 0 Å². The van der Waals surface area contributed by atoms with Crippen LogP contribution in [-0.2, 0) is 4.74 Å². The van der Waals surface area contributed by atoms with Gasteiger partial charge in [0.25, 0.3) is 0 Å². The number of rotatable bonds is 2. The average molecular weight is 229 g/mol. The van der Waals surface area contributed by atoms with Crippen LogP contribution in [0.15, 0.2) is 12.3 Å². The van der Waals surface area contributed by atoms with E-state index in [1.165, 1.54) is 13.0 Å². The van der Waals surface area contributed by atoms with Crippen molar-refractivity contribution >= 4 is 11.9 Å². The van der Waals surface area contributed by atoms with Crippen molar-refractivity contribution in [1.82, 2.24) is 9.97 Å². The van der Waals surface area contributed by atoms with Crippen LogP contribution < -0.4 is 4.90 Å². The number of alkyl halides is 1. The van der Waals surface area contributed by atoms with E-state index >= 15 is 0 Å². The molecule has 1 amide bonds. The van der Waals surface area contributed by atoms with Gasteiger partial charge in [-0.25, -0.2) is 14.2 Å². The number of aromatic nitrogens is 2. The zero-order valence-corrected chi connectivity index (χ0v) is 8.43. The summed E-state index contributed by atoms with van der Waals surface area (Å²) in [6.45, 7) is 1.24. The molecule has 1 aliphatic heterocycles. The first kappa shape index (κ1) is 10.7. The molecule has 0 spiro atoms. The second-order valence-corrected chi connectivity index (χ2v) is 3.38. The van der Waals surface area contributed by atoms with Gasteiger partial charge < -0.3 is 4.74 Å². The summed E-state index contributed by atoms with van der Waals surface area (Å²) >= 11 is 0. The molecule has 0 radical (unpaired) electrons. The zero-order chi connectivity index (χ0) is 11.7. The molecule has 0 N–H and O–H groups in total. The lowest BCUT2D eigenvalue weighted by Gasteiger charge is -2.20. The van der Waals surface area contributed by atoms with Gasteiger partial charge in [-0.3, -0.25) is 4.90 Å². The monoisotopic (exact) mass is 229 g/mol. The Kier molecular flexibility index (Phi) is 2.67. The molecule has 7 heteroatoms. The fourth-order valence-corrected chi connectivity index (χ4v) is 1.50. The zero-order valence-electron chi connectivity index (χ0n) is 8.43. The van der Waals surface area contributed by atoms with Crippen LogP contribution >= 0.6 is 0 Å². The van der Waals surface area contributed by atoms with Crippen LogP contribution in [0.25, 0.3) is 0 Å². The van der Waals surface area contributed by atoms with Crippen molar-refractivity contribution in [3.63, 3.8) is 0 Å². The Labute approximate surface area is 90.1 Å². The van der Waals surface area contributed by atoms with Gasteiger partial charge in [0.1, 0.15) is 24.6 Å². The van der Waals surface area contributed by atoms with Crippen LogP contribution in [0, 0.1) is 6.08 Å². The molecule has 0 aromatic carbocycles. The molecule has 0 aliphatic carbocycles. The fourth-order valence-electron chi connectivity index (χ4n) is 1.50. The van der Waals surface area contributed by atoms with Gasteiger partial charge in [-0.05, 0) is 13.0 Å². The quantitative estimate of drug-likeness (QED) is 0.717. The summed E-state index contributed by atoms with van der Waals surface area (Å²) in [5.41, 5.74) is 0. The number of hydrogen-bond acceptors (Lipinski definition) is 4. The van der Waals surface area contributed by atoms with Crippen molar-refractivity contribution in [3.05, 3.63) is 18.3 Å². The summed E-state index contributed by atoms with van der Waals surface area (Å²) in [6, 6.07) is 0.548. The number of hydrogen-bond donors (Lipinski definition) is 0. The third-order valence-corrected chi connectivity index (χ3v) is 2.29. The van der Waals surface area contributed by atoms with Crippen LogP contribution in [0.5, 0.6) is 0 Å². The van der Waals surface area contributed by atoms with Gasteiger partial charge in [-0.1, -0.05) is 0 Å². The predicted octanol–water partition coefficient (Wildman–Crippen LogP) is 1.30. The number of anilines is 1. The predicted molar refractivity (Wildman–Crippen MR) is 50.2 cm³/mol. The molecule has 16 heavy (non-hydrogen) atoms. The highest BCUT2D eigenvalue weighted by molar-refractivity contribution is 5.89. The van der Waals surface area contributed by atoms with Gasteiger partial charge in [0.15, 0.2) is 0 Å². The summed E-state index contributed by atoms with van der Waals surface area (Å²) in [4.78, 5) is 19.0. The van der Waals surface area contributed by atoms with Crippen molar-refractivity contribution in [2.24, 2.45) is 0 Å². The Morgan fingerprint density at radius 3 is 3.06 bits per heavy atom. The number of halogens is 2. The Hall–Kier alpha value is -1.79. The number of carbonyl (C=O) groups is 1. The van der Waals surface area contributed by atoms with E-state index in [2.05, 4.69) is 9.97 Å². The van der Waals surface area contributed by atoms with Crippen LogP contribution in [0.1, 0.15) is 6.92 Å². The van der Waals surface area contributed by atoms with E-state index in [4.69, 9.17) is 4.74 Å². The largest absolute Gasteiger partial charge is 0.447 e. The van der Waals surface area contributed by atoms with Gasteiger partial charge >= 0.3 is 12.2 Å². The molecular weight excluding hydrogens is 220 g/mol. The highest BCUT2D eigenvalue weighted by Crippen LogP contribution is 2.23. The van der Waals surface area contributed by atoms with Crippen molar-refractivity contribution in [3.8, 4) is 0 Å². The van der Waals surface area contributed by atoms with Gasteiger partial charge in [0.05, 0.1) is 0 Å². The number of carbonyl (C=O) groups excluding carboxylic acids is 1. The maximum atomic E-state index is 13.2. The molecule has 0 unspecified atom stereocenters. The first-order valence-corrected chi connectivity index (χ1v) is 4.68. The molecule has 86 valence electrons. The van der Waals surface area contributed by atoms with Gasteiger partial charge in [0, 0.05) is 6.20 Å². The third kappa shape index (κ3) is 1.80. The van der Waals surface area contributed by atoms with E-state index in [1.54, 1.807) is 0 Å². The minimum absolute atomic E-state index is 0.00417. The smallest absolute Gasteiger partial charge is 0.416 e. The second-order valence-electron chi connectivity index (χ2n) is 3.38. The van der Waals surface area contributed by atoms with E-state index in [1.807, 2.05) is 0 Å². The lowest BCUT2D eigenvalue weighted by atomic mass is 10.2. The molecule has 2 rings (SSSR count). The van der Waals surface area contributed by atoms with E-state index in [-0.39, 0.29) is 12.4 Å². The topological polar surface area (TPSA) is 55.3 Å². The number of nitrogens with zero attached hydrogens (tertiary/aromatic N) is 3. The molecular formula is C9H9F2N3O2. The van der Waals surface area contributed by atoms with Gasteiger partial charge in [0.2, 0.25) is 0 Å². The SMILES string of the molecule is C[C@H](F)[C@@H]1COC(=O)N1c1ccnc(F)n1. The van der Waals surface area contributed by atoms with Crippen LogP contribution in [0.2, 0.25) is 0 Å². The lowest BCUT2D eigenvalue weighted by molar-refractivity contribution is 0.174. The number of ether oxygens (including phenoxy) is 1. The van der Waals surface area contributed by atoms with Gasteiger partial charge in [-0.2, -0.15) is 9.37 Å². The Morgan fingerprint density at radius 1 is 1.69 bits per heavy atom. The number of cyclic esters (lactones) is 1. The van der Waals surface area contributed by atoms with E-state index in [9.17, 15) is 13.6 Å². The third-order valence-electron chi connectivity index (χ3n) is 2.29. The summed E-state index contributed by atoms with van der Waals surface area (Å²) in [5, 5.41) is 0. The van der Waals surface area contributed by atoms with E-state index in [0.29, 0.717) is 0 Å². The molecule has 1 aliphatic rings. The minimum atomic E-state index is -1.29. The molecule has 0 bridgehead atoms. The van der Waals surface area contributed by atoms with Crippen LogP contribution in [-0.4, -0.2) is 34.9 Å². The standard InChI is InChI=1S/C9H9F2N3O2/c1-5(10)6-4-16-9(15)14(6)7-2-3-12-8(11)13-7/h2-3,5-6H,4H2,1H3/t5-,6-/m0/s1. The molecule has 1 aromatic rings. The molecule has 1 aromatic heterocycles. The van der Waals surface area contributed by atoms with E-state index in [0.717, 1.165) is 11.1 Å². The Balaban J connectivity index is 2.33. The van der Waals surface area contributed by atoms with Crippen LogP contribution in [0.4, 0.5) is 19.4 Å². The average Bonchev–Trinajstić information content (AvgIpc) is 2.60. The normalized spacial score (nSPS) is 22.1. The second kappa shape index (κ2) is 3.99. The highest BCUT2D eigenvalue weighted by Gasteiger charge is 2.38. The highest BCUT2D eigenvalue weighted by atomic mass is 19.1. The lowest BCUT2D eigenvalue weighted by Crippen LogP contribution is -2.39. The van der Waals surface area contributed by atoms with Crippen molar-refractivity contribution < 1.29 is 18.3 Å². The molecule has 0 saturated carbocycles. The van der Waals surface area contributed by atoms with Crippen molar-refractivity contribution in [2.75, 3.05) is 11.5 Å². The fraction of sp³-hybridized carbons (Fsp3) is 0.444. The molecule has 1 fully saturated rings. The van der Waals surface area contributed by atoms with Gasteiger partial charge in [-0.15, -0.1) is 0 Å². The molecule has 1 saturated heterocycles. The summed E-state index contributed by atoms with van der Waals surface area (Å²) in [7, 11) is 0. The summed E-state index contributed by atoms with van der Waals surface area (Å²) in [5.74, 6) is 0.00417. The van der Waals surface area contributed by atoms with E-state index < -0.39 is 24.4 Å². The minimum Gasteiger partial charge on any atom is -0.447 e. The first-order valence-electron chi connectivity index (χ1n) is 4.68. The maximum absolute atomic E-state index is 13.2. The maximum Gasteiger partial charge on any atom is 0.416 e.